The molecular weight excluding hydrogens is 244 g/mol. The molecule has 0 aliphatic carbocycles. The zero-order valence-corrected chi connectivity index (χ0v) is 11.1. The quantitative estimate of drug-likeness (QED) is 0.759. The number of amides is 3. The summed E-state index contributed by atoms with van der Waals surface area (Å²) in [6, 6.07) is 3.98. The van der Waals surface area contributed by atoms with E-state index in [1.165, 1.54) is 12.7 Å². The molecule has 1 atom stereocenters. The van der Waals surface area contributed by atoms with Crippen LogP contribution in [0.5, 0.6) is 0 Å². The molecule has 1 aliphatic rings. The fourth-order valence-electron chi connectivity index (χ4n) is 2.49. The monoisotopic (exact) mass is 264 g/mol. The van der Waals surface area contributed by atoms with Crippen LogP contribution in [0.15, 0.2) is 18.3 Å². The highest BCUT2D eigenvalue weighted by molar-refractivity contribution is 5.94. The van der Waals surface area contributed by atoms with Crippen LogP contribution in [0, 0.1) is 0 Å². The summed E-state index contributed by atoms with van der Waals surface area (Å²) < 4.78 is 0. The van der Waals surface area contributed by atoms with Crippen molar-refractivity contribution in [3.05, 3.63) is 24.0 Å². The lowest BCUT2D eigenvalue weighted by atomic mass is 10.1. The number of nitrogens with zero attached hydrogens (tertiary/aromatic N) is 1. The van der Waals surface area contributed by atoms with Gasteiger partial charge in [0.05, 0.1) is 0 Å². The van der Waals surface area contributed by atoms with Crippen molar-refractivity contribution < 1.29 is 9.59 Å². The minimum absolute atomic E-state index is 0.239. The number of H-pyrrole nitrogens is 1. The minimum atomic E-state index is -0.452. The molecule has 1 fully saturated rings. The molecule has 19 heavy (non-hydrogen) atoms. The number of carbonyl (C=O) groups is 2. The molecular formula is C13H20N4O2. The van der Waals surface area contributed by atoms with Crippen molar-refractivity contribution in [2.45, 2.75) is 25.3 Å². The van der Waals surface area contributed by atoms with E-state index >= 15 is 0 Å². The maximum Gasteiger partial charge on any atom is 0.321 e. The molecule has 2 heterocycles. The van der Waals surface area contributed by atoms with Crippen molar-refractivity contribution in [1.82, 2.24) is 20.5 Å². The highest BCUT2D eigenvalue weighted by Crippen LogP contribution is 2.30. The Morgan fingerprint density at radius 3 is 3.05 bits per heavy atom. The molecule has 0 saturated carbocycles. The number of nitrogens with one attached hydrogen (secondary N) is 3. The van der Waals surface area contributed by atoms with Crippen LogP contribution in [-0.2, 0) is 4.79 Å². The van der Waals surface area contributed by atoms with Crippen molar-refractivity contribution in [2.24, 2.45) is 0 Å². The summed E-state index contributed by atoms with van der Waals surface area (Å²) in [5.74, 6) is -0.239. The van der Waals surface area contributed by atoms with Gasteiger partial charge in [-0.2, -0.15) is 0 Å². The van der Waals surface area contributed by atoms with Gasteiger partial charge in [0.1, 0.15) is 0 Å². The van der Waals surface area contributed by atoms with Gasteiger partial charge in [-0.15, -0.1) is 0 Å². The maximum absolute atomic E-state index is 11.6. The fraction of sp³-hybridized carbons (Fsp3) is 0.538. The van der Waals surface area contributed by atoms with Gasteiger partial charge in [0.15, 0.2) is 0 Å². The van der Waals surface area contributed by atoms with Crippen LogP contribution in [0.3, 0.4) is 0 Å². The maximum atomic E-state index is 11.6. The lowest BCUT2D eigenvalue weighted by molar-refractivity contribution is -0.120. The summed E-state index contributed by atoms with van der Waals surface area (Å²) in [6.07, 6.45) is 4.51. The Morgan fingerprint density at radius 2 is 2.37 bits per heavy atom. The molecule has 3 N–H and O–H groups in total. The first-order chi connectivity index (χ1) is 9.20. The van der Waals surface area contributed by atoms with Crippen LogP contribution < -0.4 is 10.6 Å². The van der Waals surface area contributed by atoms with E-state index in [1.54, 1.807) is 0 Å². The summed E-state index contributed by atoms with van der Waals surface area (Å²) in [6.45, 7) is 1.67. The lowest BCUT2D eigenvalue weighted by Crippen LogP contribution is -2.39. The second-order valence-electron chi connectivity index (χ2n) is 4.70. The SMILES string of the molecule is CNC(=O)NC(=O)CCN1CCCC1c1ccc[nH]1. The summed E-state index contributed by atoms with van der Waals surface area (Å²) in [4.78, 5) is 28.1. The molecule has 2 rings (SSSR count). The minimum Gasteiger partial charge on any atom is -0.364 e. The number of aromatic nitrogens is 1. The first-order valence-corrected chi connectivity index (χ1v) is 6.59. The second-order valence-corrected chi connectivity index (χ2v) is 4.70. The third-order valence-electron chi connectivity index (χ3n) is 3.45. The van der Waals surface area contributed by atoms with Gasteiger partial charge in [-0.05, 0) is 31.5 Å². The van der Waals surface area contributed by atoms with E-state index in [9.17, 15) is 9.59 Å². The number of carbonyl (C=O) groups excluding carboxylic acids is 2. The summed E-state index contributed by atoms with van der Waals surface area (Å²) in [7, 11) is 1.49. The van der Waals surface area contributed by atoms with Gasteiger partial charge in [-0.25, -0.2) is 4.79 Å². The molecule has 1 aliphatic heterocycles. The number of urea groups is 1. The van der Waals surface area contributed by atoms with E-state index in [0.717, 1.165) is 19.4 Å². The molecule has 6 nitrogen and oxygen atoms in total. The molecule has 0 spiro atoms. The Hall–Kier alpha value is -1.82. The Bertz CT molecular complexity index is 430. The van der Waals surface area contributed by atoms with Crippen LogP contribution in [0.4, 0.5) is 4.79 Å². The fourth-order valence-corrected chi connectivity index (χ4v) is 2.49. The predicted octanol–water partition coefficient (Wildman–Crippen LogP) is 0.997. The smallest absolute Gasteiger partial charge is 0.321 e. The number of imide groups is 1. The van der Waals surface area contributed by atoms with Crippen molar-refractivity contribution in [1.29, 1.82) is 0 Å². The van der Waals surface area contributed by atoms with Crippen LogP contribution in [0.1, 0.15) is 31.0 Å². The van der Waals surface area contributed by atoms with Crippen LogP contribution in [0.25, 0.3) is 0 Å². The Labute approximate surface area is 112 Å². The standard InChI is InChI=1S/C13H20N4O2/c1-14-13(19)16-12(18)6-9-17-8-3-5-11(17)10-4-2-7-15-10/h2,4,7,11,15H,3,5-6,8-9H2,1H3,(H2,14,16,18,19). The average molecular weight is 264 g/mol. The third kappa shape index (κ3) is 3.57. The molecule has 1 aromatic heterocycles. The predicted molar refractivity (Wildman–Crippen MR) is 71.6 cm³/mol. The Kier molecular flexibility index (Phi) is 4.57. The van der Waals surface area contributed by atoms with Crippen LogP contribution >= 0.6 is 0 Å². The summed E-state index contributed by atoms with van der Waals surface area (Å²) in [5, 5.41) is 4.65. The Balaban J connectivity index is 1.82. The molecule has 1 unspecified atom stereocenters. The molecule has 3 amide bonds. The zero-order chi connectivity index (χ0) is 13.7. The second kappa shape index (κ2) is 6.38. The van der Waals surface area contributed by atoms with Gasteiger partial charge in [-0.3, -0.25) is 15.0 Å². The van der Waals surface area contributed by atoms with Gasteiger partial charge < -0.3 is 10.3 Å². The molecule has 0 aromatic carbocycles. The largest absolute Gasteiger partial charge is 0.364 e. The molecule has 104 valence electrons. The average Bonchev–Trinajstić information content (AvgIpc) is 3.06. The van der Waals surface area contributed by atoms with Gasteiger partial charge >= 0.3 is 6.03 Å². The van der Waals surface area contributed by atoms with Gasteiger partial charge in [-0.1, -0.05) is 0 Å². The van der Waals surface area contributed by atoms with E-state index in [1.807, 2.05) is 12.3 Å². The van der Waals surface area contributed by atoms with Crippen molar-refractivity contribution in [2.75, 3.05) is 20.1 Å². The van der Waals surface area contributed by atoms with E-state index in [4.69, 9.17) is 0 Å². The first-order valence-electron chi connectivity index (χ1n) is 6.59. The van der Waals surface area contributed by atoms with Gasteiger partial charge in [0.2, 0.25) is 5.91 Å². The molecule has 0 bridgehead atoms. The normalized spacial score (nSPS) is 19.3. The van der Waals surface area contributed by atoms with Crippen molar-refractivity contribution in [3.63, 3.8) is 0 Å². The molecule has 0 radical (unpaired) electrons. The van der Waals surface area contributed by atoms with Crippen molar-refractivity contribution in [3.8, 4) is 0 Å². The molecule has 1 aromatic rings. The summed E-state index contributed by atoms with van der Waals surface area (Å²) in [5.41, 5.74) is 1.20. The van der Waals surface area contributed by atoms with Crippen LogP contribution in [-0.4, -0.2) is 42.0 Å². The van der Waals surface area contributed by atoms with E-state index in [0.29, 0.717) is 19.0 Å². The number of rotatable bonds is 4. The van der Waals surface area contributed by atoms with Gasteiger partial charge in [0, 0.05) is 37.9 Å². The highest BCUT2D eigenvalue weighted by atomic mass is 16.2. The number of aromatic amines is 1. The highest BCUT2D eigenvalue weighted by Gasteiger charge is 2.26. The van der Waals surface area contributed by atoms with Crippen LogP contribution in [0.2, 0.25) is 0 Å². The number of hydrogen-bond donors (Lipinski definition) is 3. The zero-order valence-electron chi connectivity index (χ0n) is 11.1. The Morgan fingerprint density at radius 1 is 1.53 bits per heavy atom. The van der Waals surface area contributed by atoms with E-state index < -0.39 is 6.03 Å². The number of likely N-dealkylation sites (tertiary alicyclic amines) is 1. The van der Waals surface area contributed by atoms with E-state index in [-0.39, 0.29) is 5.91 Å². The lowest BCUT2D eigenvalue weighted by Gasteiger charge is -2.23. The molecule has 1 saturated heterocycles. The van der Waals surface area contributed by atoms with Crippen molar-refractivity contribution >= 4 is 11.9 Å². The number of hydrogen-bond acceptors (Lipinski definition) is 3. The van der Waals surface area contributed by atoms with Gasteiger partial charge in [0.25, 0.3) is 0 Å². The van der Waals surface area contributed by atoms with E-state index in [2.05, 4.69) is 26.6 Å². The molecule has 6 heteroatoms. The first kappa shape index (κ1) is 13.6. The third-order valence-corrected chi connectivity index (χ3v) is 3.45. The summed E-state index contributed by atoms with van der Waals surface area (Å²) >= 11 is 0. The topological polar surface area (TPSA) is 77.2 Å².